The van der Waals surface area contributed by atoms with Crippen molar-refractivity contribution in [3.63, 3.8) is 0 Å². The van der Waals surface area contributed by atoms with Crippen molar-refractivity contribution in [2.75, 3.05) is 25.4 Å². The summed E-state index contributed by atoms with van der Waals surface area (Å²) in [6.07, 6.45) is 2.00. The maximum absolute atomic E-state index is 5.87. The number of nitrogens with two attached hydrogens (primary N) is 2. The quantitative estimate of drug-likeness (QED) is 0.768. The van der Waals surface area contributed by atoms with Gasteiger partial charge in [0.05, 0.1) is 9.27 Å². The van der Waals surface area contributed by atoms with Gasteiger partial charge in [0, 0.05) is 31.6 Å². The Morgan fingerprint density at radius 2 is 2.00 bits per heavy atom. The fourth-order valence-corrected chi connectivity index (χ4v) is 4.28. The van der Waals surface area contributed by atoms with Crippen LogP contribution in [0.1, 0.15) is 13.8 Å². The molecule has 0 aliphatic carbocycles. The molecule has 2 saturated heterocycles. The number of thioether (sulfide) groups is 2. The van der Waals surface area contributed by atoms with Gasteiger partial charge in [0.2, 0.25) is 0 Å². The summed E-state index contributed by atoms with van der Waals surface area (Å²) in [7, 11) is 0. The molecule has 0 amide bonds. The van der Waals surface area contributed by atoms with Gasteiger partial charge < -0.3 is 20.9 Å². The summed E-state index contributed by atoms with van der Waals surface area (Å²) in [5.74, 6) is 0.538. The van der Waals surface area contributed by atoms with Gasteiger partial charge in [-0.3, -0.25) is 4.90 Å². The van der Waals surface area contributed by atoms with E-state index in [1.54, 1.807) is 18.0 Å². The number of fused-ring (bicyclic) bond motifs is 1. The molecule has 0 bridgehead atoms. The van der Waals surface area contributed by atoms with Gasteiger partial charge in [-0.15, -0.1) is 11.8 Å². The third kappa shape index (κ3) is 4.33. The van der Waals surface area contributed by atoms with Crippen LogP contribution in [0.25, 0.3) is 0 Å². The molecule has 0 spiro atoms. The van der Waals surface area contributed by atoms with Crippen LogP contribution in [-0.2, 0) is 9.47 Å². The molecule has 5 nitrogen and oxygen atoms in total. The molecule has 2 aliphatic heterocycles. The molecule has 0 radical (unpaired) electrons. The number of nitrogens with zero attached hydrogens (tertiary/aromatic N) is 1. The zero-order valence-electron chi connectivity index (χ0n) is 12.0. The molecule has 0 aromatic rings. The van der Waals surface area contributed by atoms with Gasteiger partial charge in [-0.05, 0) is 13.8 Å². The van der Waals surface area contributed by atoms with Crippen LogP contribution in [0.15, 0.2) is 22.0 Å². The fourth-order valence-electron chi connectivity index (χ4n) is 2.50. The molecule has 0 aromatic carbocycles. The van der Waals surface area contributed by atoms with Gasteiger partial charge in [-0.2, -0.15) is 0 Å². The van der Waals surface area contributed by atoms with E-state index < -0.39 is 5.79 Å². The molecule has 2 fully saturated rings. The molecule has 114 valence electrons. The average molecular weight is 317 g/mol. The van der Waals surface area contributed by atoms with Crippen LogP contribution in [-0.4, -0.2) is 48.3 Å². The number of hydrogen-bond acceptors (Lipinski definition) is 7. The number of likely N-dealkylation sites (tertiary alicyclic amines) is 1. The lowest BCUT2D eigenvalue weighted by Gasteiger charge is -2.22. The van der Waals surface area contributed by atoms with Gasteiger partial charge in [-0.25, -0.2) is 0 Å². The Kier molecular flexibility index (Phi) is 5.30. The van der Waals surface area contributed by atoms with E-state index >= 15 is 0 Å². The lowest BCUT2D eigenvalue weighted by molar-refractivity contribution is -0.155. The van der Waals surface area contributed by atoms with Gasteiger partial charge in [-0.1, -0.05) is 18.3 Å². The van der Waals surface area contributed by atoms with E-state index in [9.17, 15) is 0 Å². The second kappa shape index (κ2) is 6.62. The predicted octanol–water partition coefficient (Wildman–Crippen LogP) is 1.48. The largest absolute Gasteiger partial charge is 0.403 e. The Hall–Kier alpha value is -0.340. The van der Waals surface area contributed by atoms with Gasteiger partial charge in [0.25, 0.3) is 0 Å². The molecular weight excluding hydrogens is 294 g/mol. The standard InChI is InChI=1S/C13H23N3O2S2/c1-9(15)20-12(6-14)19-5-4-16-7-10-11(8-16)18-13(2,3)17-10/h6,10-11H,1,4-5,7-8,14-15H2,2-3H3/b12-6-/t10-,11+. The number of hydrogen-bond donors (Lipinski definition) is 2. The van der Waals surface area contributed by atoms with E-state index in [4.69, 9.17) is 20.9 Å². The molecule has 7 heteroatoms. The minimum Gasteiger partial charge on any atom is -0.403 e. The van der Waals surface area contributed by atoms with Crippen molar-refractivity contribution in [1.29, 1.82) is 0 Å². The Labute approximate surface area is 129 Å². The minimum atomic E-state index is -0.427. The first-order valence-electron chi connectivity index (χ1n) is 6.64. The number of rotatable bonds is 6. The van der Waals surface area contributed by atoms with Crippen LogP contribution in [0.3, 0.4) is 0 Å². The highest BCUT2D eigenvalue weighted by Gasteiger charge is 2.46. The van der Waals surface area contributed by atoms with Crippen molar-refractivity contribution in [1.82, 2.24) is 4.90 Å². The van der Waals surface area contributed by atoms with Crippen LogP contribution >= 0.6 is 23.5 Å². The third-order valence-corrected chi connectivity index (χ3v) is 5.19. The molecular formula is C13H23N3O2S2. The highest BCUT2D eigenvalue weighted by molar-refractivity contribution is 8.23. The van der Waals surface area contributed by atoms with E-state index in [1.165, 1.54) is 11.8 Å². The highest BCUT2D eigenvalue weighted by Crippen LogP contribution is 2.34. The number of ether oxygens (including phenoxy) is 2. The monoisotopic (exact) mass is 317 g/mol. The van der Waals surface area contributed by atoms with Crippen LogP contribution in [0.2, 0.25) is 0 Å². The lowest BCUT2D eigenvalue weighted by Crippen LogP contribution is -2.31. The smallest absolute Gasteiger partial charge is 0.163 e. The van der Waals surface area contributed by atoms with Crippen molar-refractivity contribution < 1.29 is 9.47 Å². The SMILES string of the molecule is C=C(N)S/C(=C\N)SCCN1C[C@@H]2OC(C)(C)O[C@@H]2C1. The minimum absolute atomic E-state index is 0.206. The van der Waals surface area contributed by atoms with Crippen molar-refractivity contribution in [3.05, 3.63) is 22.0 Å². The molecule has 0 unspecified atom stereocenters. The van der Waals surface area contributed by atoms with Crippen LogP contribution < -0.4 is 11.5 Å². The predicted molar refractivity (Wildman–Crippen MR) is 85.9 cm³/mol. The molecule has 2 heterocycles. The summed E-state index contributed by atoms with van der Waals surface area (Å²) >= 11 is 3.11. The van der Waals surface area contributed by atoms with Crippen molar-refractivity contribution in [3.8, 4) is 0 Å². The van der Waals surface area contributed by atoms with Crippen LogP contribution in [0, 0.1) is 0 Å². The normalized spacial score (nSPS) is 29.6. The Morgan fingerprint density at radius 1 is 1.40 bits per heavy atom. The Bertz CT molecular complexity index is 385. The van der Waals surface area contributed by atoms with E-state index in [-0.39, 0.29) is 12.2 Å². The molecule has 0 aromatic heterocycles. The highest BCUT2D eigenvalue weighted by atomic mass is 32.2. The second-order valence-electron chi connectivity index (χ2n) is 5.37. The zero-order valence-corrected chi connectivity index (χ0v) is 13.6. The maximum atomic E-state index is 5.87. The first-order valence-corrected chi connectivity index (χ1v) is 8.45. The molecule has 2 aliphatic rings. The fraction of sp³-hybridized carbons (Fsp3) is 0.692. The van der Waals surface area contributed by atoms with Crippen LogP contribution in [0.4, 0.5) is 0 Å². The van der Waals surface area contributed by atoms with E-state index in [1.807, 2.05) is 13.8 Å². The summed E-state index contributed by atoms with van der Waals surface area (Å²) in [6.45, 7) is 10.5. The van der Waals surface area contributed by atoms with E-state index in [2.05, 4.69) is 11.5 Å². The van der Waals surface area contributed by atoms with Crippen molar-refractivity contribution in [2.24, 2.45) is 11.5 Å². The molecule has 4 N–H and O–H groups in total. The lowest BCUT2D eigenvalue weighted by atomic mass is 10.3. The summed E-state index contributed by atoms with van der Waals surface area (Å²) in [6, 6.07) is 0. The zero-order chi connectivity index (χ0) is 14.8. The molecule has 2 atom stereocenters. The first kappa shape index (κ1) is 16.0. The second-order valence-corrected chi connectivity index (χ2v) is 7.94. The summed E-state index contributed by atoms with van der Waals surface area (Å²) in [5.41, 5.74) is 11.1. The van der Waals surface area contributed by atoms with E-state index in [0.29, 0.717) is 5.03 Å². The van der Waals surface area contributed by atoms with Crippen LogP contribution in [0.5, 0.6) is 0 Å². The topological polar surface area (TPSA) is 73.7 Å². The maximum Gasteiger partial charge on any atom is 0.163 e. The molecule has 0 saturated carbocycles. The Balaban J connectivity index is 1.69. The summed E-state index contributed by atoms with van der Waals surface area (Å²) < 4.78 is 12.7. The van der Waals surface area contributed by atoms with Crippen molar-refractivity contribution in [2.45, 2.75) is 31.8 Å². The average Bonchev–Trinajstić information content (AvgIpc) is 2.80. The van der Waals surface area contributed by atoms with Gasteiger partial charge >= 0.3 is 0 Å². The van der Waals surface area contributed by atoms with Crippen molar-refractivity contribution >= 4 is 23.5 Å². The third-order valence-electron chi connectivity index (χ3n) is 3.18. The van der Waals surface area contributed by atoms with E-state index in [0.717, 1.165) is 29.6 Å². The Morgan fingerprint density at radius 3 is 2.50 bits per heavy atom. The van der Waals surface area contributed by atoms with Gasteiger partial charge in [0.15, 0.2) is 5.79 Å². The summed E-state index contributed by atoms with van der Waals surface area (Å²) in [5, 5.41) is 0.564. The molecule has 20 heavy (non-hydrogen) atoms. The first-order chi connectivity index (χ1) is 9.39. The molecule has 2 rings (SSSR count). The summed E-state index contributed by atoms with van der Waals surface area (Å²) in [4.78, 5) is 2.37. The van der Waals surface area contributed by atoms with Gasteiger partial charge in [0.1, 0.15) is 12.2 Å².